The summed E-state index contributed by atoms with van der Waals surface area (Å²) < 4.78 is 11.6. The van der Waals surface area contributed by atoms with Gasteiger partial charge in [-0.25, -0.2) is 0 Å². The van der Waals surface area contributed by atoms with Gasteiger partial charge in [-0.1, -0.05) is 6.07 Å². The van der Waals surface area contributed by atoms with Gasteiger partial charge in [0.2, 0.25) is 0 Å². The lowest BCUT2D eigenvalue weighted by atomic mass is 10.1. The number of morpholine rings is 1. The summed E-state index contributed by atoms with van der Waals surface area (Å²) in [4.78, 5) is 2.25. The van der Waals surface area contributed by atoms with Crippen molar-refractivity contribution in [1.82, 2.24) is 4.90 Å². The van der Waals surface area contributed by atoms with Gasteiger partial charge < -0.3 is 14.6 Å². The van der Waals surface area contributed by atoms with Crippen molar-refractivity contribution in [1.29, 1.82) is 0 Å². The summed E-state index contributed by atoms with van der Waals surface area (Å²) in [5, 5.41) is 10.3. The predicted molar refractivity (Wildman–Crippen MR) is 88.6 cm³/mol. The lowest BCUT2D eigenvalue weighted by Crippen LogP contribution is -2.48. The zero-order valence-electron chi connectivity index (χ0n) is 14.4. The second-order valence-corrected chi connectivity index (χ2v) is 6.65. The minimum absolute atomic E-state index is 0.221. The number of nitrogens with zero attached hydrogens (tertiary/aromatic N) is 1. The maximum atomic E-state index is 10.3. The first-order valence-corrected chi connectivity index (χ1v) is 8.11. The molecule has 124 valence electrons. The first-order valence-electron chi connectivity index (χ1n) is 8.11. The van der Waals surface area contributed by atoms with Crippen LogP contribution >= 0.6 is 0 Å². The fourth-order valence-corrected chi connectivity index (χ4v) is 3.12. The number of aryl methyl sites for hydroxylation is 2. The summed E-state index contributed by atoms with van der Waals surface area (Å²) in [6.45, 7) is 13.0. The van der Waals surface area contributed by atoms with E-state index in [1.54, 1.807) is 0 Å². The van der Waals surface area contributed by atoms with Crippen LogP contribution in [0.5, 0.6) is 5.75 Å². The third-order valence-electron chi connectivity index (χ3n) is 4.16. The molecule has 3 atom stereocenters. The first kappa shape index (κ1) is 17.3. The highest BCUT2D eigenvalue weighted by Crippen LogP contribution is 2.23. The van der Waals surface area contributed by atoms with Crippen molar-refractivity contribution < 1.29 is 14.6 Å². The quantitative estimate of drug-likeness (QED) is 0.907. The highest BCUT2D eigenvalue weighted by molar-refractivity contribution is 5.41. The molecule has 1 N–H and O–H groups in total. The molecule has 1 aromatic carbocycles. The average molecular weight is 307 g/mol. The molecule has 0 aromatic heterocycles. The van der Waals surface area contributed by atoms with E-state index in [9.17, 15) is 5.11 Å². The fraction of sp³-hybridized carbons (Fsp3) is 0.667. The van der Waals surface area contributed by atoms with E-state index in [1.165, 1.54) is 11.1 Å². The van der Waals surface area contributed by atoms with Crippen LogP contribution in [0.4, 0.5) is 0 Å². The molecule has 4 heteroatoms. The molecule has 22 heavy (non-hydrogen) atoms. The van der Waals surface area contributed by atoms with E-state index < -0.39 is 6.10 Å². The molecule has 1 heterocycles. The van der Waals surface area contributed by atoms with Crippen LogP contribution in [0.3, 0.4) is 0 Å². The monoisotopic (exact) mass is 307 g/mol. The lowest BCUT2D eigenvalue weighted by Gasteiger charge is -2.36. The van der Waals surface area contributed by atoms with Gasteiger partial charge in [-0.05, 0) is 57.4 Å². The second kappa shape index (κ2) is 7.44. The highest BCUT2D eigenvalue weighted by atomic mass is 16.5. The third kappa shape index (κ3) is 4.70. The van der Waals surface area contributed by atoms with Crippen LogP contribution in [0, 0.1) is 20.8 Å². The van der Waals surface area contributed by atoms with Crippen molar-refractivity contribution in [3.8, 4) is 5.75 Å². The van der Waals surface area contributed by atoms with Gasteiger partial charge in [0.1, 0.15) is 18.5 Å². The summed E-state index contributed by atoms with van der Waals surface area (Å²) in [6, 6.07) is 4.18. The number of hydrogen-bond acceptors (Lipinski definition) is 4. The molecule has 1 aliphatic rings. The van der Waals surface area contributed by atoms with Gasteiger partial charge in [-0.3, -0.25) is 4.90 Å². The zero-order valence-corrected chi connectivity index (χ0v) is 14.4. The average Bonchev–Trinajstić information content (AvgIpc) is 2.40. The molecule has 0 amide bonds. The predicted octanol–water partition coefficient (Wildman–Crippen LogP) is 2.46. The normalized spacial score (nSPS) is 24.3. The molecule has 0 aliphatic carbocycles. The topological polar surface area (TPSA) is 41.9 Å². The standard InChI is InChI=1S/C18H29NO3/c1-12-6-13(2)16(5)18(7-12)21-11-17(20)10-19-8-14(3)22-15(4)9-19/h6-7,14-15,17,20H,8-11H2,1-5H3/t14-,15-,17+/m1/s1. The Hall–Kier alpha value is -1.10. The van der Waals surface area contributed by atoms with Crippen molar-refractivity contribution in [2.24, 2.45) is 0 Å². The molecular weight excluding hydrogens is 278 g/mol. The van der Waals surface area contributed by atoms with Gasteiger partial charge >= 0.3 is 0 Å². The Balaban J connectivity index is 1.86. The largest absolute Gasteiger partial charge is 0.491 e. The minimum Gasteiger partial charge on any atom is -0.491 e. The zero-order chi connectivity index (χ0) is 16.3. The second-order valence-electron chi connectivity index (χ2n) is 6.65. The van der Waals surface area contributed by atoms with Gasteiger partial charge in [0.05, 0.1) is 12.2 Å². The van der Waals surface area contributed by atoms with Crippen LogP contribution in [0.1, 0.15) is 30.5 Å². The first-order chi connectivity index (χ1) is 10.3. The molecule has 0 bridgehead atoms. The smallest absolute Gasteiger partial charge is 0.122 e. The van der Waals surface area contributed by atoms with Gasteiger partial charge in [0.15, 0.2) is 0 Å². The van der Waals surface area contributed by atoms with E-state index in [0.717, 1.165) is 24.4 Å². The van der Waals surface area contributed by atoms with Gasteiger partial charge in [-0.2, -0.15) is 0 Å². The molecule has 0 saturated carbocycles. The van der Waals surface area contributed by atoms with Crippen LogP contribution in [-0.2, 0) is 4.74 Å². The molecule has 0 unspecified atom stereocenters. The minimum atomic E-state index is -0.488. The van der Waals surface area contributed by atoms with Crippen molar-refractivity contribution >= 4 is 0 Å². The number of aliphatic hydroxyl groups is 1. The van der Waals surface area contributed by atoms with E-state index in [-0.39, 0.29) is 12.2 Å². The van der Waals surface area contributed by atoms with Crippen molar-refractivity contribution in [3.05, 3.63) is 28.8 Å². The Morgan fingerprint density at radius 1 is 1.23 bits per heavy atom. The number of ether oxygens (including phenoxy) is 2. The number of benzene rings is 1. The maximum Gasteiger partial charge on any atom is 0.122 e. The highest BCUT2D eigenvalue weighted by Gasteiger charge is 2.24. The number of aliphatic hydroxyl groups excluding tert-OH is 1. The number of β-amino-alcohol motifs (C(OH)–C–C–N with tert-alkyl or cyclic N) is 1. The van der Waals surface area contributed by atoms with Crippen LogP contribution < -0.4 is 4.74 Å². The Morgan fingerprint density at radius 2 is 1.86 bits per heavy atom. The van der Waals surface area contributed by atoms with Crippen LogP contribution in [0.2, 0.25) is 0 Å². The van der Waals surface area contributed by atoms with E-state index in [1.807, 2.05) is 6.07 Å². The Morgan fingerprint density at radius 3 is 2.50 bits per heavy atom. The fourth-order valence-electron chi connectivity index (χ4n) is 3.12. The Bertz CT molecular complexity index is 493. The number of hydrogen-bond donors (Lipinski definition) is 1. The van der Waals surface area contributed by atoms with Gasteiger partial charge in [0, 0.05) is 19.6 Å². The van der Waals surface area contributed by atoms with E-state index >= 15 is 0 Å². The summed E-state index contributed by atoms with van der Waals surface area (Å²) in [7, 11) is 0. The van der Waals surface area contributed by atoms with Gasteiger partial charge in [0.25, 0.3) is 0 Å². The van der Waals surface area contributed by atoms with E-state index in [4.69, 9.17) is 9.47 Å². The summed E-state index contributed by atoms with van der Waals surface area (Å²) in [5.41, 5.74) is 3.55. The van der Waals surface area contributed by atoms with E-state index in [2.05, 4.69) is 45.6 Å². The molecule has 1 aliphatic heterocycles. The summed E-state index contributed by atoms with van der Waals surface area (Å²) in [6.07, 6.45) is -0.0465. The SMILES string of the molecule is Cc1cc(C)c(C)c(OC[C@@H](O)CN2C[C@@H](C)O[C@H](C)C2)c1. The van der Waals surface area contributed by atoms with Gasteiger partial charge in [-0.15, -0.1) is 0 Å². The lowest BCUT2D eigenvalue weighted by molar-refractivity contribution is -0.0787. The van der Waals surface area contributed by atoms with Crippen molar-refractivity contribution in [2.45, 2.75) is 52.9 Å². The maximum absolute atomic E-state index is 10.3. The van der Waals surface area contributed by atoms with Crippen LogP contribution in [0.25, 0.3) is 0 Å². The van der Waals surface area contributed by atoms with Crippen molar-refractivity contribution in [3.63, 3.8) is 0 Å². The molecule has 1 aromatic rings. The Kier molecular flexibility index (Phi) is 5.84. The van der Waals surface area contributed by atoms with Crippen LogP contribution in [-0.4, -0.2) is 54.6 Å². The summed E-state index contributed by atoms with van der Waals surface area (Å²) in [5.74, 6) is 0.875. The molecule has 0 spiro atoms. The molecule has 0 radical (unpaired) electrons. The summed E-state index contributed by atoms with van der Waals surface area (Å²) >= 11 is 0. The van der Waals surface area contributed by atoms with Crippen LogP contribution in [0.15, 0.2) is 12.1 Å². The molecule has 4 nitrogen and oxygen atoms in total. The molecule has 1 saturated heterocycles. The molecular formula is C18H29NO3. The molecule has 2 rings (SSSR count). The Labute approximate surface area is 134 Å². The third-order valence-corrected chi connectivity index (χ3v) is 4.16. The van der Waals surface area contributed by atoms with Crippen molar-refractivity contribution in [2.75, 3.05) is 26.2 Å². The molecule has 1 fully saturated rings. The number of rotatable bonds is 5. The van der Waals surface area contributed by atoms with E-state index in [0.29, 0.717) is 13.2 Å².